The van der Waals surface area contributed by atoms with Gasteiger partial charge in [-0.15, -0.1) is 0 Å². The second-order valence-corrected chi connectivity index (χ2v) is 16.7. The molecule has 0 radical (unpaired) electrons. The number of hydrogen-bond acceptors (Lipinski definition) is 9. The van der Waals surface area contributed by atoms with E-state index in [9.17, 15) is 24.4 Å². The predicted octanol–water partition coefficient (Wildman–Crippen LogP) is 5.05. The minimum absolute atomic E-state index is 0.103. The number of rotatable bonds is 12. The van der Waals surface area contributed by atoms with E-state index in [0.717, 1.165) is 56.4 Å². The smallest absolute Gasteiger partial charge is 0.258 e. The summed E-state index contributed by atoms with van der Waals surface area (Å²) < 4.78 is 6.40. The van der Waals surface area contributed by atoms with Crippen molar-refractivity contribution in [1.29, 1.82) is 5.26 Å². The van der Waals surface area contributed by atoms with Crippen LogP contribution >= 0.6 is 23.8 Å². The zero-order valence-electron chi connectivity index (χ0n) is 31.7. The molecule has 1 unspecified atom stereocenters. The molecule has 1 N–H and O–H groups in total. The van der Waals surface area contributed by atoms with Crippen molar-refractivity contribution < 1.29 is 23.9 Å². The standard InChI is InChI=1S/C41H51ClN6O5S/c1-26-23-45(24-27(2)46(26)25-34(49)20-29-7-5-6-28(18-29)19-30-9-15-37(50)44-38(30)51)16-17-53-35-13-11-32(12-14-35)48-40(54)47(39(52)41(48,3)4)33-10-8-31(22-43)36(42)21-33/h5-8,10,18,21,26-27,30,32,35H,9,11-17,19-20,23-25H2,1-4H3,(H,44,50,51)/t26-,27+,30?,32?,35?. The Labute approximate surface area is 328 Å². The van der Waals surface area contributed by atoms with Gasteiger partial charge in [-0.25, -0.2) is 0 Å². The molecule has 1 saturated carbocycles. The summed E-state index contributed by atoms with van der Waals surface area (Å²) >= 11 is 12.2. The van der Waals surface area contributed by atoms with Crippen molar-refractivity contribution in [1.82, 2.24) is 20.0 Å². The summed E-state index contributed by atoms with van der Waals surface area (Å²) in [4.78, 5) is 59.0. The van der Waals surface area contributed by atoms with Gasteiger partial charge in [-0.3, -0.25) is 39.2 Å². The molecule has 6 rings (SSSR count). The maximum atomic E-state index is 13.6. The highest BCUT2D eigenvalue weighted by molar-refractivity contribution is 7.80. The molecule has 3 atom stereocenters. The Morgan fingerprint density at radius 2 is 1.72 bits per heavy atom. The van der Waals surface area contributed by atoms with Crippen molar-refractivity contribution in [3.63, 3.8) is 0 Å². The molecule has 11 nitrogen and oxygen atoms in total. The van der Waals surface area contributed by atoms with Gasteiger partial charge in [0.05, 0.1) is 35.5 Å². The van der Waals surface area contributed by atoms with Crippen LogP contribution in [0.5, 0.6) is 0 Å². The monoisotopic (exact) mass is 774 g/mol. The highest BCUT2D eigenvalue weighted by Gasteiger charge is 2.52. The maximum absolute atomic E-state index is 13.6. The zero-order chi connectivity index (χ0) is 38.7. The van der Waals surface area contributed by atoms with Gasteiger partial charge in [0.15, 0.2) is 10.9 Å². The number of hydrogen-bond donors (Lipinski definition) is 1. The predicted molar refractivity (Wildman–Crippen MR) is 211 cm³/mol. The molecule has 13 heteroatoms. The van der Waals surface area contributed by atoms with Crippen LogP contribution in [0, 0.1) is 17.2 Å². The van der Waals surface area contributed by atoms with Crippen molar-refractivity contribution in [2.24, 2.45) is 5.92 Å². The number of carbonyl (C=O) groups is 4. The Bertz CT molecular complexity index is 1810. The average Bonchev–Trinajstić information content (AvgIpc) is 3.30. The molecular weight excluding hydrogens is 724 g/mol. The first-order valence-corrected chi connectivity index (χ1v) is 19.9. The van der Waals surface area contributed by atoms with E-state index in [2.05, 4.69) is 39.9 Å². The molecule has 2 aromatic carbocycles. The van der Waals surface area contributed by atoms with Crippen molar-refractivity contribution in [3.8, 4) is 6.07 Å². The number of imide groups is 1. The third-order valence-electron chi connectivity index (χ3n) is 11.6. The van der Waals surface area contributed by atoms with E-state index in [1.54, 1.807) is 23.1 Å². The fraction of sp³-hybridized carbons (Fsp3) is 0.561. The molecular formula is C41H51ClN6O5S. The van der Waals surface area contributed by atoms with Crippen molar-refractivity contribution in [2.45, 2.75) is 109 Å². The van der Waals surface area contributed by atoms with Crippen LogP contribution in [0.4, 0.5) is 5.69 Å². The number of Topliss-reactive ketones (excluding diaryl/α,β-unsaturated/α-hetero) is 1. The molecule has 3 aliphatic heterocycles. The normalized spacial score (nSPS) is 26.6. The van der Waals surface area contributed by atoms with Crippen molar-refractivity contribution in [2.75, 3.05) is 37.7 Å². The van der Waals surface area contributed by atoms with E-state index >= 15 is 0 Å². The average molecular weight is 775 g/mol. The number of piperazine rings is 1. The summed E-state index contributed by atoms with van der Waals surface area (Å²) in [6, 6.07) is 15.5. The fourth-order valence-electron chi connectivity index (χ4n) is 8.73. The van der Waals surface area contributed by atoms with Crippen LogP contribution in [-0.2, 0) is 36.8 Å². The zero-order valence-corrected chi connectivity index (χ0v) is 33.3. The van der Waals surface area contributed by atoms with Gasteiger partial charge in [0.25, 0.3) is 5.91 Å². The molecule has 3 amide bonds. The van der Waals surface area contributed by atoms with Crippen LogP contribution in [0.3, 0.4) is 0 Å². The van der Waals surface area contributed by atoms with Gasteiger partial charge in [-0.1, -0.05) is 35.9 Å². The molecule has 3 saturated heterocycles. The number of thiocarbonyl (C=S) groups is 1. The van der Waals surface area contributed by atoms with Crippen LogP contribution in [0.15, 0.2) is 42.5 Å². The number of anilines is 1. The van der Waals surface area contributed by atoms with E-state index in [1.807, 2.05) is 38.1 Å². The highest BCUT2D eigenvalue weighted by atomic mass is 35.5. The van der Waals surface area contributed by atoms with Crippen LogP contribution in [-0.4, -0.2) is 106 Å². The van der Waals surface area contributed by atoms with Crippen molar-refractivity contribution >= 4 is 58.1 Å². The molecule has 4 aliphatic rings. The van der Waals surface area contributed by atoms with Gasteiger partial charge in [-0.05, 0) is 108 Å². The van der Waals surface area contributed by atoms with E-state index < -0.39 is 5.54 Å². The summed E-state index contributed by atoms with van der Waals surface area (Å²) in [7, 11) is 0. The Morgan fingerprint density at radius 3 is 2.39 bits per heavy atom. The first kappa shape index (κ1) is 39.9. The van der Waals surface area contributed by atoms with Gasteiger partial charge >= 0.3 is 0 Å². The number of nitrogens with one attached hydrogen (secondary N) is 1. The molecule has 4 fully saturated rings. The molecule has 2 aromatic rings. The lowest BCUT2D eigenvalue weighted by atomic mass is 9.89. The summed E-state index contributed by atoms with van der Waals surface area (Å²) in [6.07, 6.45) is 5.50. The van der Waals surface area contributed by atoms with Gasteiger partial charge in [0, 0.05) is 56.5 Å². The second kappa shape index (κ2) is 17.0. The van der Waals surface area contributed by atoms with Crippen molar-refractivity contribution in [3.05, 3.63) is 64.2 Å². The highest BCUT2D eigenvalue weighted by Crippen LogP contribution is 2.39. The topological polar surface area (TPSA) is 126 Å². The van der Waals surface area contributed by atoms with Gasteiger partial charge in [0.2, 0.25) is 11.8 Å². The lowest BCUT2D eigenvalue weighted by Gasteiger charge is -2.44. The summed E-state index contributed by atoms with van der Waals surface area (Å²) in [5, 5.41) is 12.5. The fourth-order valence-corrected chi connectivity index (χ4v) is 9.52. The Morgan fingerprint density at radius 1 is 1.02 bits per heavy atom. The maximum Gasteiger partial charge on any atom is 0.258 e. The summed E-state index contributed by atoms with van der Waals surface area (Å²) in [6.45, 7) is 11.8. The summed E-state index contributed by atoms with van der Waals surface area (Å²) in [5.74, 6) is -0.569. The number of piperidine rings is 1. The first-order chi connectivity index (χ1) is 25.7. The van der Waals surface area contributed by atoms with Gasteiger partial charge < -0.3 is 9.64 Å². The lowest BCUT2D eigenvalue weighted by molar-refractivity contribution is -0.136. The van der Waals surface area contributed by atoms with Crippen LogP contribution in [0.1, 0.15) is 82.9 Å². The molecule has 0 bridgehead atoms. The Kier molecular flexibility index (Phi) is 12.5. The SMILES string of the molecule is C[C@@H]1CN(CCOC2CCC(N3C(=S)N(c4ccc(C#N)c(Cl)c4)C(=O)C3(C)C)CC2)C[C@H](C)N1CC(=O)Cc1cccc(CC2CCC(=O)NC2=O)c1. The number of carbonyl (C=O) groups excluding carboxylic acids is 4. The Balaban J connectivity index is 0.927. The number of nitriles is 1. The van der Waals surface area contributed by atoms with E-state index in [-0.39, 0.29) is 53.7 Å². The minimum Gasteiger partial charge on any atom is -0.377 e. The quantitative estimate of drug-likeness (QED) is 0.231. The minimum atomic E-state index is -0.805. The number of amides is 3. The second-order valence-electron chi connectivity index (χ2n) is 15.9. The molecule has 0 spiro atoms. The summed E-state index contributed by atoms with van der Waals surface area (Å²) in [5.41, 5.74) is 2.08. The first-order valence-electron chi connectivity index (χ1n) is 19.2. The number of nitrogens with zero attached hydrogens (tertiary/aromatic N) is 5. The third kappa shape index (κ3) is 8.87. The van der Waals surface area contributed by atoms with Crippen LogP contribution in [0.25, 0.3) is 0 Å². The van der Waals surface area contributed by atoms with Gasteiger partial charge in [-0.2, -0.15) is 5.26 Å². The number of halogens is 1. The Hall–Kier alpha value is -3.73. The molecule has 54 heavy (non-hydrogen) atoms. The van der Waals surface area contributed by atoms with Crippen LogP contribution in [0.2, 0.25) is 5.02 Å². The number of ketones is 1. The third-order valence-corrected chi connectivity index (χ3v) is 12.3. The van der Waals surface area contributed by atoms with E-state index in [0.29, 0.717) is 60.2 Å². The number of benzene rings is 2. The van der Waals surface area contributed by atoms with Gasteiger partial charge in [0.1, 0.15) is 11.6 Å². The lowest BCUT2D eigenvalue weighted by Crippen LogP contribution is -2.58. The van der Waals surface area contributed by atoms with E-state index in [1.165, 1.54) is 0 Å². The molecule has 1 aliphatic carbocycles. The number of ether oxygens (including phenoxy) is 1. The molecule has 3 heterocycles. The van der Waals surface area contributed by atoms with E-state index in [4.69, 9.17) is 28.6 Å². The van der Waals surface area contributed by atoms with Crippen LogP contribution < -0.4 is 10.2 Å². The largest absolute Gasteiger partial charge is 0.377 e. The molecule has 288 valence electrons. The molecule has 0 aromatic heterocycles.